The maximum atomic E-state index is 13.3. The Balaban J connectivity index is 1.82. The zero-order chi connectivity index (χ0) is 12.1. The normalized spacial score (nSPS) is 10.7. The Morgan fingerprint density at radius 3 is 2.59 bits per heavy atom. The summed E-state index contributed by atoms with van der Waals surface area (Å²) in [5.74, 6) is -1.03. The molecule has 5 heteroatoms. The Labute approximate surface area is 98.1 Å². The quantitative estimate of drug-likeness (QED) is 0.805. The Hall–Kier alpha value is -1.75. The van der Waals surface area contributed by atoms with Crippen molar-refractivity contribution in [2.75, 3.05) is 6.54 Å². The minimum absolute atomic E-state index is 0.0768. The minimum atomic E-state index is -0.517. The van der Waals surface area contributed by atoms with E-state index in [0.29, 0.717) is 13.1 Å². The molecular formula is C12H13F2N3. The molecule has 2 rings (SSSR count). The summed E-state index contributed by atoms with van der Waals surface area (Å²) in [5, 5.41) is 7.01. The zero-order valence-electron chi connectivity index (χ0n) is 9.24. The van der Waals surface area contributed by atoms with Crippen LogP contribution >= 0.6 is 0 Å². The fourth-order valence-electron chi connectivity index (χ4n) is 1.54. The maximum absolute atomic E-state index is 13.3. The molecule has 0 aliphatic rings. The van der Waals surface area contributed by atoms with Gasteiger partial charge in [-0.2, -0.15) is 5.10 Å². The summed E-state index contributed by atoms with van der Waals surface area (Å²) in [4.78, 5) is 0. The van der Waals surface area contributed by atoms with Gasteiger partial charge in [-0.3, -0.25) is 4.68 Å². The van der Waals surface area contributed by atoms with Crippen molar-refractivity contribution in [2.24, 2.45) is 0 Å². The molecule has 0 saturated heterocycles. The van der Waals surface area contributed by atoms with Crippen molar-refractivity contribution in [3.05, 3.63) is 53.9 Å². The Morgan fingerprint density at radius 2 is 1.94 bits per heavy atom. The number of nitrogens with one attached hydrogen (secondary N) is 1. The van der Waals surface area contributed by atoms with E-state index >= 15 is 0 Å². The summed E-state index contributed by atoms with van der Waals surface area (Å²) in [7, 11) is 0. The van der Waals surface area contributed by atoms with Crippen LogP contribution in [0.4, 0.5) is 8.78 Å². The monoisotopic (exact) mass is 237 g/mol. The molecular weight excluding hydrogens is 224 g/mol. The highest BCUT2D eigenvalue weighted by molar-refractivity contribution is 5.19. The minimum Gasteiger partial charge on any atom is -0.311 e. The van der Waals surface area contributed by atoms with Gasteiger partial charge in [-0.25, -0.2) is 8.78 Å². The average Bonchev–Trinajstić information content (AvgIpc) is 2.80. The van der Waals surface area contributed by atoms with Gasteiger partial charge in [-0.15, -0.1) is 0 Å². The number of hydrogen-bond donors (Lipinski definition) is 1. The van der Waals surface area contributed by atoms with Crippen molar-refractivity contribution < 1.29 is 8.78 Å². The van der Waals surface area contributed by atoms with Crippen molar-refractivity contribution in [3.8, 4) is 0 Å². The Bertz CT molecular complexity index is 448. The second-order valence-corrected chi connectivity index (χ2v) is 3.65. The van der Waals surface area contributed by atoms with E-state index in [4.69, 9.17) is 0 Å². The van der Waals surface area contributed by atoms with E-state index in [0.717, 1.165) is 0 Å². The third kappa shape index (κ3) is 3.10. The maximum Gasteiger partial charge on any atom is 0.130 e. The van der Waals surface area contributed by atoms with Crippen LogP contribution in [-0.2, 0) is 13.1 Å². The predicted molar refractivity (Wildman–Crippen MR) is 60.3 cm³/mol. The molecule has 0 atom stereocenters. The van der Waals surface area contributed by atoms with Crippen LogP contribution in [0.2, 0.25) is 0 Å². The van der Waals surface area contributed by atoms with Crippen molar-refractivity contribution >= 4 is 0 Å². The molecule has 0 spiro atoms. The van der Waals surface area contributed by atoms with Gasteiger partial charge in [0.1, 0.15) is 11.6 Å². The molecule has 1 aromatic heterocycles. The molecule has 0 saturated carbocycles. The van der Waals surface area contributed by atoms with Crippen molar-refractivity contribution in [1.29, 1.82) is 0 Å². The molecule has 0 fully saturated rings. The van der Waals surface area contributed by atoms with Gasteiger partial charge >= 0.3 is 0 Å². The van der Waals surface area contributed by atoms with Crippen LogP contribution in [-0.4, -0.2) is 16.3 Å². The first kappa shape index (κ1) is 11.7. The lowest BCUT2D eigenvalue weighted by Crippen LogP contribution is -2.21. The van der Waals surface area contributed by atoms with Gasteiger partial charge in [-0.05, 0) is 18.2 Å². The molecule has 90 valence electrons. The van der Waals surface area contributed by atoms with Gasteiger partial charge in [0.15, 0.2) is 0 Å². The van der Waals surface area contributed by atoms with Crippen LogP contribution in [0.3, 0.4) is 0 Å². The molecule has 2 aromatic rings. The highest BCUT2D eigenvalue weighted by atomic mass is 19.1. The number of rotatable bonds is 5. The molecule has 0 bridgehead atoms. The van der Waals surface area contributed by atoms with Gasteiger partial charge < -0.3 is 5.32 Å². The smallest absolute Gasteiger partial charge is 0.130 e. The van der Waals surface area contributed by atoms with Gasteiger partial charge in [0.25, 0.3) is 0 Å². The van der Waals surface area contributed by atoms with E-state index in [2.05, 4.69) is 10.4 Å². The lowest BCUT2D eigenvalue weighted by Gasteiger charge is -2.07. The van der Waals surface area contributed by atoms with E-state index in [1.54, 1.807) is 10.9 Å². The largest absolute Gasteiger partial charge is 0.311 e. The molecule has 0 aliphatic heterocycles. The standard InChI is InChI=1S/C12H13F2N3/c13-11-3-1-4-12(14)10(11)9-15-6-8-17-7-2-5-16-17/h1-5,7,15H,6,8-9H2. The molecule has 0 amide bonds. The first-order chi connectivity index (χ1) is 8.27. The van der Waals surface area contributed by atoms with Crippen molar-refractivity contribution in [2.45, 2.75) is 13.1 Å². The summed E-state index contributed by atoms with van der Waals surface area (Å²) in [6.07, 6.45) is 3.53. The zero-order valence-corrected chi connectivity index (χ0v) is 9.24. The molecule has 0 unspecified atom stereocenters. The van der Waals surface area contributed by atoms with Crippen LogP contribution in [0.15, 0.2) is 36.7 Å². The molecule has 1 aromatic carbocycles. The van der Waals surface area contributed by atoms with Gasteiger partial charge in [0.05, 0.1) is 6.54 Å². The fraction of sp³-hybridized carbons (Fsp3) is 0.250. The van der Waals surface area contributed by atoms with Crippen LogP contribution in [0.5, 0.6) is 0 Å². The highest BCUT2D eigenvalue weighted by Gasteiger charge is 2.06. The number of halogens is 2. The van der Waals surface area contributed by atoms with E-state index in [1.165, 1.54) is 18.2 Å². The van der Waals surface area contributed by atoms with E-state index in [9.17, 15) is 8.78 Å². The van der Waals surface area contributed by atoms with Gasteiger partial charge in [0, 0.05) is 31.0 Å². The van der Waals surface area contributed by atoms with Crippen LogP contribution in [0.1, 0.15) is 5.56 Å². The number of nitrogens with zero attached hydrogens (tertiary/aromatic N) is 2. The van der Waals surface area contributed by atoms with E-state index in [1.807, 2.05) is 12.3 Å². The lowest BCUT2D eigenvalue weighted by atomic mass is 10.2. The summed E-state index contributed by atoms with van der Waals surface area (Å²) in [6.45, 7) is 1.46. The average molecular weight is 237 g/mol. The third-order valence-electron chi connectivity index (χ3n) is 2.44. The molecule has 1 heterocycles. The lowest BCUT2D eigenvalue weighted by molar-refractivity contribution is 0.514. The van der Waals surface area contributed by atoms with Crippen LogP contribution in [0, 0.1) is 11.6 Å². The first-order valence-corrected chi connectivity index (χ1v) is 5.38. The Kier molecular flexibility index (Phi) is 3.82. The predicted octanol–water partition coefficient (Wildman–Crippen LogP) is 1.95. The Morgan fingerprint density at radius 1 is 1.18 bits per heavy atom. The number of hydrogen-bond acceptors (Lipinski definition) is 2. The number of benzene rings is 1. The summed E-state index contributed by atoms with van der Waals surface area (Å²) >= 11 is 0. The SMILES string of the molecule is Fc1cccc(F)c1CNCCn1cccn1. The molecule has 1 N–H and O–H groups in total. The summed E-state index contributed by atoms with van der Waals surface area (Å²) < 4.78 is 28.3. The summed E-state index contributed by atoms with van der Waals surface area (Å²) in [6, 6.07) is 5.70. The topological polar surface area (TPSA) is 29.9 Å². The van der Waals surface area contributed by atoms with E-state index < -0.39 is 11.6 Å². The van der Waals surface area contributed by atoms with Gasteiger partial charge in [0.2, 0.25) is 0 Å². The molecule has 3 nitrogen and oxygen atoms in total. The molecule has 17 heavy (non-hydrogen) atoms. The van der Waals surface area contributed by atoms with Gasteiger partial charge in [-0.1, -0.05) is 6.07 Å². The first-order valence-electron chi connectivity index (χ1n) is 5.38. The highest BCUT2D eigenvalue weighted by Crippen LogP contribution is 2.11. The van der Waals surface area contributed by atoms with Crippen molar-refractivity contribution in [3.63, 3.8) is 0 Å². The van der Waals surface area contributed by atoms with Crippen LogP contribution in [0.25, 0.3) is 0 Å². The van der Waals surface area contributed by atoms with Crippen molar-refractivity contribution in [1.82, 2.24) is 15.1 Å². The van der Waals surface area contributed by atoms with E-state index in [-0.39, 0.29) is 12.1 Å². The molecule has 0 radical (unpaired) electrons. The van der Waals surface area contributed by atoms with Crippen LogP contribution < -0.4 is 5.32 Å². The summed E-state index contributed by atoms with van der Waals surface area (Å²) in [5.41, 5.74) is 0.0768. The second-order valence-electron chi connectivity index (χ2n) is 3.65. The fourth-order valence-corrected chi connectivity index (χ4v) is 1.54. The second kappa shape index (κ2) is 5.54. The number of aromatic nitrogens is 2. The third-order valence-corrected chi connectivity index (χ3v) is 2.44. The molecule has 0 aliphatic carbocycles.